The molecule has 0 aromatic carbocycles. The lowest BCUT2D eigenvalue weighted by molar-refractivity contribution is -0.0708. The Balaban J connectivity index is 1.45. The Hall–Kier alpha value is -0.760. The maximum atomic E-state index is 5.44. The van der Waals surface area contributed by atoms with E-state index in [4.69, 9.17) is 4.42 Å². The highest BCUT2D eigenvalue weighted by molar-refractivity contribution is 5.06. The Morgan fingerprint density at radius 2 is 1.84 bits per heavy atom. The molecule has 2 heteroatoms. The van der Waals surface area contributed by atoms with Crippen LogP contribution in [0.4, 0.5) is 0 Å². The monoisotopic (exact) mass is 259 g/mol. The Kier molecular flexibility index (Phi) is 2.77. The molecule has 4 bridgehead atoms. The van der Waals surface area contributed by atoms with E-state index >= 15 is 0 Å². The Morgan fingerprint density at radius 1 is 1.21 bits per heavy atom. The molecule has 1 aromatic heterocycles. The smallest absolute Gasteiger partial charge is 0.117 e. The third-order valence-electron chi connectivity index (χ3n) is 6.17. The van der Waals surface area contributed by atoms with Gasteiger partial charge in [-0.2, -0.15) is 0 Å². The van der Waals surface area contributed by atoms with Crippen molar-refractivity contribution in [1.82, 2.24) is 5.32 Å². The zero-order valence-electron chi connectivity index (χ0n) is 11.9. The molecule has 2 nitrogen and oxygen atoms in total. The van der Waals surface area contributed by atoms with Gasteiger partial charge in [0.05, 0.1) is 12.8 Å². The summed E-state index contributed by atoms with van der Waals surface area (Å²) in [6.07, 6.45) is 10.8. The summed E-state index contributed by atoms with van der Waals surface area (Å²) in [5.41, 5.74) is 0.599. The molecule has 0 amide bonds. The summed E-state index contributed by atoms with van der Waals surface area (Å²) in [6, 6.07) is 4.68. The van der Waals surface area contributed by atoms with Crippen LogP contribution >= 0.6 is 0 Å². The molecule has 0 unspecified atom stereocenters. The zero-order chi connectivity index (χ0) is 12.9. The summed E-state index contributed by atoms with van der Waals surface area (Å²) < 4.78 is 5.44. The molecular weight excluding hydrogens is 234 g/mol. The van der Waals surface area contributed by atoms with E-state index in [1.54, 1.807) is 6.26 Å². The van der Waals surface area contributed by atoms with Crippen molar-refractivity contribution >= 4 is 0 Å². The van der Waals surface area contributed by atoms with Crippen LogP contribution in [0.3, 0.4) is 0 Å². The van der Waals surface area contributed by atoms with Gasteiger partial charge in [0.15, 0.2) is 0 Å². The van der Waals surface area contributed by atoms with Gasteiger partial charge in [0.2, 0.25) is 0 Å². The summed E-state index contributed by atoms with van der Waals surface area (Å²) in [5, 5.41) is 3.75. The molecule has 0 aliphatic heterocycles. The van der Waals surface area contributed by atoms with Crippen molar-refractivity contribution in [2.45, 2.75) is 58.0 Å². The fourth-order valence-corrected chi connectivity index (χ4v) is 5.59. The molecule has 4 aliphatic rings. The van der Waals surface area contributed by atoms with Crippen molar-refractivity contribution in [3.8, 4) is 0 Å². The van der Waals surface area contributed by atoms with Crippen molar-refractivity contribution < 1.29 is 4.42 Å². The highest BCUT2D eigenvalue weighted by Gasteiger charge is 2.52. The number of hydrogen-bond acceptors (Lipinski definition) is 2. The minimum Gasteiger partial charge on any atom is -0.468 e. The second-order valence-electron chi connectivity index (χ2n) is 7.46. The summed E-state index contributed by atoms with van der Waals surface area (Å²) in [7, 11) is 0. The maximum Gasteiger partial charge on any atom is 0.117 e. The zero-order valence-corrected chi connectivity index (χ0v) is 11.9. The van der Waals surface area contributed by atoms with Crippen LogP contribution < -0.4 is 5.32 Å². The predicted octanol–water partition coefficient (Wildman–Crippen LogP) is 3.97. The molecule has 1 N–H and O–H groups in total. The van der Waals surface area contributed by atoms with Crippen LogP contribution in [0.25, 0.3) is 0 Å². The van der Waals surface area contributed by atoms with E-state index < -0.39 is 0 Å². The van der Waals surface area contributed by atoms with Crippen LogP contribution in [0.2, 0.25) is 0 Å². The number of hydrogen-bond donors (Lipinski definition) is 1. The molecule has 1 heterocycles. The minimum absolute atomic E-state index is 0.599. The van der Waals surface area contributed by atoms with Gasteiger partial charge in [-0.05, 0) is 80.8 Å². The fourth-order valence-electron chi connectivity index (χ4n) is 5.59. The van der Waals surface area contributed by atoms with Crippen LogP contribution in [0.5, 0.6) is 0 Å². The topological polar surface area (TPSA) is 25.2 Å². The van der Waals surface area contributed by atoms with Crippen LogP contribution in [0.15, 0.2) is 22.8 Å². The average Bonchev–Trinajstić information content (AvgIpc) is 2.87. The number of nitrogens with one attached hydrogen (secondary N) is 1. The molecule has 0 saturated heterocycles. The summed E-state index contributed by atoms with van der Waals surface area (Å²) in [5.74, 6) is 4.19. The normalized spacial score (nSPS) is 41.6. The second-order valence-corrected chi connectivity index (χ2v) is 7.46. The first kappa shape index (κ1) is 12.0. The van der Waals surface area contributed by atoms with Gasteiger partial charge in [-0.15, -0.1) is 0 Å². The molecule has 1 atom stereocenters. The lowest BCUT2D eigenvalue weighted by atomic mass is 9.48. The Morgan fingerprint density at radius 3 is 2.37 bits per heavy atom. The van der Waals surface area contributed by atoms with Crippen molar-refractivity contribution in [2.75, 3.05) is 0 Å². The predicted molar refractivity (Wildman–Crippen MR) is 75.6 cm³/mol. The van der Waals surface area contributed by atoms with Gasteiger partial charge in [-0.25, -0.2) is 0 Å². The standard InChI is InChI=1S/C17H25NO/c1-12(18-11-16-3-2-4-19-16)17-8-13-5-14(9-17)7-15(6-13)10-17/h2-4,12-15,18H,5-11H2,1H3/t12-,13?,14?,15?,17?/m0/s1. The Labute approximate surface area is 116 Å². The van der Waals surface area contributed by atoms with Crippen molar-refractivity contribution in [2.24, 2.45) is 23.2 Å². The highest BCUT2D eigenvalue weighted by atomic mass is 16.3. The second kappa shape index (κ2) is 4.37. The SMILES string of the molecule is C[C@H](NCc1ccco1)C12CC3CC(CC(C3)C1)C2. The van der Waals surface area contributed by atoms with Gasteiger partial charge in [-0.1, -0.05) is 0 Å². The lowest BCUT2D eigenvalue weighted by Crippen LogP contribution is -2.54. The third-order valence-corrected chi connectivity index (χ3v) is 6.17. The highest BCUT2D eigenvalue weighted by Crippen LogP contribution is 2.61. The van der Waals surface area contributed by atoms with Crippen LogP contribution in [-0.4, -0.2) is 6.04 Å². The van der Waals surface area contributed by atoms with Crippen LogP contribution in [-0.2, 0) is 6.54 Å². The van der Waals surface area contributed by atoms with Crippen molar-refractivity contribution in [3.63, 3.8) is 0 Å². The molecule has 4 saturated carbocycles. The van der Waals surface area contributed by atoms with Crippen molar-refractivity contribution in [1.29, 1.82) is 0 Å². The first-order valence-corrected chi connectivity index (χ1v) is 7.99. The number of furan rings is 1. The summed E-state index contributed by atoms with van der Waals surface area (Å²) >= 11 is 0. The third kappa shape index (κ3) is 2.05. The van der Waals surface area contributed by atoms with Crippen LogP contribution in [0, 0.1) is 23.2 Å². The molecule has 4 fully saturated rings. The quantitative estimate of drug-likeness (QED) is 0.885. The minimum atomic E-state index is 0.599. The first-order chi connectivity index (χ1) is 9.23. The van der Waals surface area contributed by atoms with Crippen molar-refractivity contribution in [3.05, 3.63) is 24.2 Å². The molecule has 104 valence electrons. The van der Waals surface area contributed by atoms with Gasteiger partial charge in [0.25, 0.3) is 0 Å². The maximum absolute atomic E-state index is 5.44. The summed E-state index contributed by atoms with van der Waals surface area (Å²) in [6.45, 7) is 3.30. The molecule has 0 spiro atoms. The first-order valence-electron chi connectivity index (χ1n) is 7.99. The molecule has 19 heavy (non-hydrogen) atoms. The molecule has 1 aromatic rings. The van der Waals surface area contributed by atoms with E-state index in [1.165, 1.54) is 38.5 Å². The van der Waals surface area contributed by atoms with E-state index in [-0.39, 0.29) is 0 Å². The van der Waals surface area contributed by atoms with E-state index in [0.717, 1.165) is 30.1 Å². The van der Waals surface area contributed by atoms with E-state index in [1.807, 2.05) is 6.07 Å². The van der Waals surface area contributed by atoms with Gasteiger partial charge in [-0.3, -0.25) is 0 Å². The molecule has 0 radical (unpaired) electrons. The summed E-state index contributed by atoms with van der Waals surface area (Å²) in [4.78, 5) is 0. The van der Waals surface area contributed by atoms with Gasteiger partial charge in [0, 0.05) is 6.04 Å². The van der Waals surface area contributed by atoms with Gasteiger partial charge in [0.1, 0.15) is 5.76 Å². The fraction of sp³-hybridized carbons (Fsp3) is 0.765. The Bertz CT molecular complexity index is 401. The van der Waals surface area contributed by atoms with E-state index in [0.29, 0.717) is 11.5 Å². The lowest BCUT2D eigenvalue weighted by Gasteiger charge is -2.59. The van der Waals surface area contributed by atoms with E-state index in [9.17, 15) is 0 Å². The average molecular weight is 259 g/mol. The molecular formula is C17H25NO. The molecule has 4 aliphatic carbocycles. The molecule has 5 rings (SSSR count). The van der Waals surface area contributed by atoms with Gasteiger partial charge >= 0.3 is 0 Å². The van der Waals surface area contributed by atoms with Crippen LogP contribution in [0.1, 0.15) is 51.2 Å². The van der Waals surface area contributed by atoms with Gasteiger partial charge < -0.3 is 9.73 Å². The number of rotatable bonds is 4. The largest absolute Gasteiger partial charge is 0.468 e. The van der Waals surface area contributed by atoms with E-state index in [2.05, 4.69) is 18.3 Å².